The zero-order valence-corrected chi connectivity index (χ0v) is 32.7. The summed E-state index contributed by atoms with van der Waals surface area (Å²) in [7, 11) is 0. The minimum Gasteiger partial charge on any atom is -0.509 e. The van der Waals surface area contributed by atoms with Gasteiger partial charge in [0, 0.05) is 35.0 Å². The van der Waals surface area contributed by atoms with Gasteiger partial charge in [-0.25, -0.2) is 4.98 Å². The van der Waals surface area contributed by atoms with E-state index in [2.05, 4.69) is 125 Å². The Labute approximate surface area is 317 Å². The van der Waals surface area contributed by atoms with Gasteiger partial charge in [-0.3, -0.25) is 4.68 Å². The molecule has 4 aromatic carbocycles. The second-order valence-electron chi connectivity index (χ2n) is 14.1. The molecule has 0 saturated carbocycles. The van der Waals surface area contributed by atoms with Gasteiger partial charge in [0.15, 0.2) is 0 Å². The minimum absolute atomic E-state index is 0. The molecule has 2 unspecified atom stereocenters. The molecule has 2 atom stereocenters. The molecule has 0 radical (unpaired) electrons. The van der Waals surface area contributed by atoms with Crippen molar-refractivity contribution in [1.29, 1.82) is 0 Å². The van der Waals surface area contributed by atoms with Crippen LogP contribution < -0.4 is 4.74 Å². The number of hydrogen-bond acceptors (Lipinski definition) is 3. The number of benzene rings is 4. The van der Waals surface area contributed by atoms with Crippen LogP contribution in [0.25, 0.3) is 44.4 Å². The van der Waals surface area contributed by atoms with Crippen LogP contribution in [-0.4, -0.2) is 19.3 Å². The predicted molar refractivity (Wildman–Crippen MR) is 206 cm³/mol. The zero-order chi connectivity index (χ0) is 34.8. The third-order valence-electron chi connectivity index (χ3n) is 10.1. The second-order valence-corrected chi connectivity index (χ2v) is 14.1. The monoisotopic (exact) mass is 853 g/mol. The van der Waals surface area contributed by atoms with Crippen LogP contribution in [0.1, 0.15) is 77.0 Å². The van der Waals surface area contributed by atoms with Gasteiger partial charge in [0.1, 0.15) is 5.82 Å². The number of pyridine rings is 1. The Hall–Kier alpha value is -4.47. The fourth-order valence-corrected chi connectivity index (χ4v) is 6.82. The molecule has 0 aliphatic heterocycles. The van der Waals surface area contributed by atoms with Crippen molar-refractivity contribution >= 4 is 21.8 Å². The van der Waals surface area contributed by atoms with Crippen molar-refractivity contribution < 1.29 is 25.8 Å². The Kier molecular flexibility index (Phi) is 11.3. The van der Waals surface area contributed by atoms with E-state index >= 15 is 0 Å². The minimum atomic E-state index is 0. The quantitative estimate of drug-likeness (QED) is 0.115. The zero-order valence-electron chi connectivity index (χ0n) is 30.4. The van der Waals surface area contributed by atoms with Gasteiger partial charge in [-0.1, -0.05) is 96.3 Å². The molecule has 262 valence electrons. The van der Waals surface area contributed by atoms with Gasteiger partial charge in [0.2, 0.25) is 0 Å². The SMILES string of the molecule is CCC(C)Cc1cccc(CC(C)CC)c1-c1cnn(-c2[c-]c(Oc3[c-]c4c(cc3)c3ccccc3n4-c3cc(C(C)C)ccn3)ccc2)c1.[Pt+2]. The molecule has 51 heavy (non-hydrogen) atoms. The summed E-state index contributed by atoms with van der Waals surface area (Å²) in [5.41, 5.74) is 9.35. The second kappa shape index (κ2) is 15.8. The molecular weight excluding hydrogens is 808 g/mol. The fraction of sp³-hybridized carbons (Fsp3) is 0.289. The first-order valence-electron chi connectivity index (χ1n) is 18.1. The molecule has 0 spiro atoms. The molecule has 0 aliphatic rings. The molecular formula is C45H46N4OPt. The average Bonchev–Trinajstić information content (AvgIpc) is 3.75. The van der Waals surface area contributed by atoms with Crippen LogP contribution in [0, 0.1) is 24.0 Å². The summed E-state index contributed by atoms with van der Waals surface area (Å²) in [5.74, 6) is 3.72. The van der Waals surface area contributed by atoms with Gasteiger partial charge in [0.25, 0.3) is 0 Å². The van der Waals surface area contributed by atoms with Crippen LogP contribution in [0.2, 0.25) is 0 Å². The van der Waals surface area contributed by atoms with E-state index < -0.39 is 0 Å². The number of rotatable bonds is 12. The number of ether oxygens (including phenoxy) is 1. The molecule has 3 heterocycles. The summed E-state index contributed by atoms with van der Waals surface area (Å²) in [6.45, 7) is 13.6. The molecule has 7 aromatic rings. The van der Waals surface area contributed by atoms with Crippen LogP contribution in [0.3, 0.4) is 0 Å². The first-order chi connectivity index (χ1) is 24.3. The van der Waals surface area contributed by atoms with Crippen LogP contribution >= 0.6 is 0 Å². The maximum absolute atomic E-state index is 6.45. The van der Waals surface area contributed by atoms with Gasteiger partial charge in [-0.15, -0.1) is 35.7 Å². The van der Waals surface area contributed by atoms with E-state index in [0.29, 0.717) is 29.3 Å². The standard InChI is InChI=1S/C45H46N4O.Pt/c1-7-31(5)23-34-13-11-14-35(24-32(6)8-2)45(34)36-28-47-48(29-36)37-15-12-16-38(26-37)50-39-19-20-41-40-17-9-10-18-42(40)49(43(41)27-39)44-25-33(30(3)4)21-22-46-44;/h9-22,25,28-32H,7-8,23-24H2,1-6H3;/q-2;+2. The van der Waals surface area contributed by atoms with Gasteiger partial charge in [-0.2, -0.15) is 17.2 Å². The Morgan fingerprint density at radius 3 is 2.18 bits per heavy atom. The average molecular weight is 854 g/mol. The normalized spacial score (nSPS) is 12.7. The van der Waals surface area contributed by atoms with Crippen LogP contribution in [0.5, 0.6) is 11.5 Å². The van der Waals surface area contributed by atoms with Crippen molar-refractivity contribution in [2.75, 3.05) is 0 Å². The van der Waals surface area contributed by atoms with Gasteiger partial charge in [0.05, 0.1) is 6.20 Å². The van der Waals surface area contributed by atoms with Crippen molar-refractivity contribution in [3.63, 3.8) is 0 Å². The van der Waals surface area contributed by atoms with Crippen molar-refractivity contribution in [2.45, 2.75) is 73.1 Å². The van der Waals surface area contributed by atoms with E-state index in [1.54, 1.807) is 0 Å². The molecule has 0 aliphatic carbocycles. The molecule has 5 nitrogen and oxygen atoms in total. The molecule has 7 rings (SSSR count). The number of nitrogens with zero attached hydrogens (tertiary/aromatic N) is 4. The smallest absolute Gasteiger partial charge is 0.509 e. The summed E-state index contributed by atoms with van der Waals surface area (Å²) >= 11 is 0. The molecule has 0 saturated heterocycles. The Balaban J connectivity index is 0.00000448. The maximum atomic E-state index is 6.45. The van der Waals surface area contributed by atoms with Crippen LogP contribution in [0.15, 0.2) is 104 Å². The Bertz CT molecular complexity index is 2230. The molecule has 6 heteroatoms. The maximum Gasteiger partial charge on any atom is 2.00 e. The Morgan fingerprint density at radius 1 is 0.745 bits per heavy atom. The largest absolute Gasteiger partial charge is 2.00 e. The summed E-state index contributed by atoms with van der Waals surface area (Å²) in [6.07, 6.45) is 10.5. The summed E-state index contributed by atoms with van der Waals surface area (Å²) in [5, 5.41) is 7.09. The van der Waals surface area contributed by atoms with Gasteiger partial charge < -0.3 is 9.30 Å². The van der Waals surface area contributed by atoms with E-state index in [1.807, 2.05) is 41.3 Å². The predicted octanol–water partition coefficient (Wildman–Crippen LogP) is 11.7. The fourth-order valence-electron chi connectivity index (χ4n) is 6.82. The summed E-state index contributed by atoms with van der Waals surface area (Å²) in [6, 6.07) is 36.6. The van der Waals surface area contributed by atoms with E-state index in [4.69, 9.17) is 14.8 Å². The van der Waals surface area contributed by atoms with Crippen molar-refractivity contribution in [2.24, 2.45) is 11.8 Å². The molecule has 0 amide bonds. The number of fused-ring (bicyclic) bond motifs is 3. The molecule has 0 bridgehead atoms. The number of hydrogen-bond donors (Lipinski definition) is 0. The Morgan fingerprint density at radius 2 is 1.45 bits per heavy atom. The third-order valence-corrected chi connectivity index (χ3v) is 10.1. The van der Waals surface area contributed by atoms with Crippen LogP contribution in [0.4, 0.5) is 0 Å². The molecule has 0 N–H and O–H groups in total. The van der Waals surface area contributed by atoms with E-state index in [-0.39, 0.29) is 21.1 Å². The first-order valence-corrected chi connectivity index (χ1v) is 18.1. The summed E-state index contributed by atoms with van der Waals surface area (Å²) < 4.78 is 10.5. The van der Waals surface area contributed by atoms with E-state index in [0.717, 1.165) is 64.6 Å². The molecule has 0 fully saturated rings. The third kappa shape index (κ3) is 7.60. The molecule has 3 aromatic heterocycles. The van der Waals surface area contributed by atoms with Gasteiger partial charge >= 0.3 is 21.1 Å². The summed E-state index contributed by atoms with van der Waals surface area (Å²) in [4.78, 5) is 4.78. The van der Waals surface area contributed by atoms with Crippen LogP contribution in [-0.2, 0) is 33.9 Å². The first kappa shape index (κ1) is 36.3. The number of para-hydroxylation sites is 1. The van der Waals surface area contributed by atoms with Crippen molar-refractivity contribution in [3.05, 3.63) is 132 Å². The van der Waals surface area contributed by atoms with E-state index in [1.165, 1.54) is 22.3 Å². The number of aromatic nitrogens is 4. The van der Waals surface area contributed by atoms with Crippen molar-refractivity contribution in [3.8, 4) is 34.1 Å². The van der Waals surface area contributed by atoms with Gasteiger partial charge in [-0.05, 0) is 82.1 Å². The van der Waals surface area contributed by atoms with E-state index in [9.17, 15) is 0 Å². The van der Waals surface area contributed by atoms with Crippen molar-refractivity contribution in [1.82, 2.24) is 19.3 Å². The topological polar surface area (TPSA) is 44.9 Å².